The number of esters is 1. The number of benzene rings is 1. The molecule has 0 bridgehead atoms. The number of aliphatic hydroxyl groups excluding tert-OH is 3. The second kappa shape index (κ2) is 8.31. The summed E-state index contributed by atoms with van der Waals surface area (Å²) in [5, 5.41) is 39.0. The van der Waals surface area contributed by atoms with Crippen LogP contribution in [0.15, 0.2) is 18.2 Å². The van der Waals surface area contributed by atoms with Crippen LogP contribution in [0, 0.1) is 0 Å². The molecule has 6 atom stereocenters. The molecule has 1 aromatic rings. The van der Waals surface area contributed by atoms with E-state index in [2.05, 4.69) is 0 Å². The second-order valence-electron chi connectivity index (χ2n) is 6.69. The van der Waals surface area contributed by atoms with Crippen LogP contribution in [0.5, 0.6) is 11.5 Å². The summed E-state index contributed by atoms with van der Waals surface area (Å²) in [6, 6.07) is 4.92. The minimum atomic E-state index is -1.78. The Balaban J connectivity index is 1.72. The van der Waals surface area contributed by atoms with E-state index < -0.39 is 36.7 Å². The van der Waals surface area contributed by atoms with Crippen LogP contribution >= 0.6 is 0 Å². The molecule has 10 nitrogen and oxygen atoms in total. The molecule has 1 aromatic carbocycles. The van der Waals surface area contributed by atoms with E-state index in [-0.39, 0.29) is 23.6 Å². The third kappa shape index (κ3) is 4.20. The van der Waals surface area contributed by atoms with E-state index >= 15 is 0 Å². The number of aliphatic carboxylic acids is 1. The predicted molar refractivity (Wildman–Crippen MR) is 90.8 cm³/mol. The van der Waals surface area contributed by atoms with Gasteiger partial charge >= 0.3 is 11.9 Å². The lowest BCUT2D eigenvalue weighted by atomic mass is 9.98. The van der Waals surface area contributed by atoms with Gasteiger partial charge in [0.15, 0.2) is 30.0 Å². The fraction of sp³-hybridized carbons (Fsp3) is 0.556. The monoisotopic (exact) mass is 398 g/mol. The van der Waals surface area contributed by atoms with Gasteiger partial charge in [-0.3, -0.25) is 4.79 Å². The second-order valence-corrected chi connectivity index (χ2v) is 6.69. The molecule has 0 aromatic heterocycles. The molecule has 154 valence electrons. The van der Waals surface area contributed by atoms with Gasteiger partial charge in [-0.2, -0.15) is 0 Å². The zero-order valence-corrected chi connectivity index (χ0v) is 15.1. The molecule has 2 fully saturated rings. The van der Waals surface area contributed by atoms with Gasteiger partial charge in [0, 0.05) is 12.8 Å². The van der Waals surface area contributed by atoms with Crippen molar-refractivity contribution in [1.82, 2.24) is 0 Å². The molecule has 2 aliphatic heterocycles. The maximum absolute atomic E-state index is 11.2. The zero-order chi connectivity index (χ0) is 20.4. The van der Waals surface area contributed by atoms with Gasteiger partial charge in [0.25, 0.3) is 0 Å². The van der Waals surface area contributed by atoms with Crippen LogP contribution in [-0.4, -0.2) is 76.3 Å². The number of rotatable bonds is 6. The highest BCUT2D eigenvalue weighted by Gasteiger charge is 2.48. The number of hydrogen-bond acceptors (Lipinski definition) is 9. The third-order valence-electron chi connectivity index (χ3n) is 4.73. The lowest BCUT2D eigenvalue weighted by Crippen LogP contribution is -2.61. The number of cyclic esters (lactones) is 1. The Kier molecular flexibility index (Phi) is 6.04. The number of carboxylic acid groups (broad SMARTS) is 1. The first kappa shape index (κ1) is 20.3. The number of hydrogen-bond donors (Lipinski definition) is 4. The van der Waals surface area contributed by atoms with E-state index in [4.69, 9.17) is 24.1 Å². The molecule has 10 heteroatoms. The van der Waals surface area contributed by atoms with Crippen molar-refractivity contribution in [2.45, 2.75) is 56.1 Å². The molecular weight excluding hydrogens is 376 g/mol. The number of carbonyl (C=O) groups excluding carboxylic acids is 1. The van der Waals surface area contributed by atoms with Crippen molar-refractivity contribution in [2.24, 2.45) is 0 Å². The molecule has 2 saturated heterocycles. The Hall–Kier alpha value is -2.40. The Bertz CT molecular complexity index is 735. The summed E-state index contributed by atoms with van der Waals surface area (Å²) in [7, 11) is 1.40. The van der Waals surface area contributed by atoms with Crippen LogP contribution in [0.25, 0.3) is 0 Å². The molecule has 0 aliphatic carbocycles. The van der Waals surface area contributed by atoms with Gasteiger partial charge in [-0.25, -0.2) is 4.79 Å². The van der Waals surface area contributed by atoms with Crippen molar-refractivity contribution in [1.29, 1.82) is 0 Å². The highest BCUT2D eigenvalue weighted by atomic mass is 16.7. The molecule has 0 spiro atoms. The fourth-order valence-electron chi connectivity index (χ4n) is 3.25. The lowest BCUT2D eigenvalue weighted by Gasteiger charge is -2.38. The number of carbonyl (C=O) groups is 2. The van der Waals surface area contributed by atoms with Crippen LogP contribution in [0.2, 0.25) is 0 Å². The van der Waals surface area contributed by atoms with Gasteiger partial charge in [0.1, 0.15) is 18.3 Å². The van der Waals surface area contributed by atoms with E-state index in [0.29, 0.717) is 19.3 Å². The van der Waals surface area contributed by atoms with Crippen molar-refractivity contribution in [3.63, 3.8) is 0 Å². The van der Waals surface area contributed by atoms with Crippen LogP contribution in [-0.2, 0) is 25.5 Å². The molecule has 0 amide bonds. The quantitative estimate of drug-likeness (QED) is 0.449. The van der Waals surface area contributed by atoms with Gasteiger partial charge in [-0.05, 0) is 24.1 Å². The van der Waals surface area contributed by atoms with Crippen molar-refractivity contribution in [2.75, 3.05) is 7.11 Å². The molecule has 28 heavy (non-hydrogen) atoms. The van der Waals surface area contributed by atoms with Crippen molar-refractivity contribution >= 4 is 11.9 Å². The first-order chi connectivity index (χ1) is 13.3. The minimum Gasteiger partial charge on any atom is -0.493 e. The summed E-state index contributed by atoms with van der Waals surface area (Å²) >= 11 is 0. The number of carboxylic acids is 1. The molecule has 2 heterocycles. The summed E-state index contributed by atoms with van der Waals surface area (Å²) in [5.74, 6) is -1.30. The molecule has 3 rings (SSSR count). The van der Waals surface area contributed by atoms with Gasteiger partial charge in [0.05, 0.1) is 7.11 Å². The van der Waals surface area contributed by atoms with Crippen LogP contribution in [0.3, 0.4) is 0 Å². The summed E-state index contributed by atoms with van der Waals surface area (Å²) in [4.78, 5) is 22.2. The normalized spacial score (nSPS) is 32.6. The van der Waals surface area contributed by atoms with Crippen LogP contribution in [0.4, 0.5) is 0 Å². The van der Waals surface area contributed by atoms with Gasteiger partial charge < -0.3 is 39.4 Å². The van der Waals surface area contributed by atoms with Crippen molar-refractivity contribution < 1.29 is 49.0 Å². The molecule has 0 saturated carbocycles. The predicted octanol–water partition coefficient (Wildman–Crippen LogP) is -0.786. The number of aliphatic hydroxyl groups is 3. The van der Waals surface area contributed by atoms with Crippen molar-refractivity contribution in [3.05, 3.63) is 23.8 Å². The molecule has 2 unspecified atom stereocenters. The molecule has 2 aliphatic rings. The van der Waals surface area contributed by atoms with E-state index in [1.807, 2.05) is 0 Å². The van der Waals surface area contributed by atoms with E-state index in [1.165, 1.54) is 7.11 Å². The fourth-order valence-corrected chi connectivity index (χ4v) is 3.25. The van der Waals surface area contributed by atoms with Crippen LogP contribution < -0.4 is 9.47 Å². The number of methoxy groups -OCH3 is 1. The topological polar surface area (TPSA) is 152 Å². The van der Waals surface area contributed by atoms with Gasteiger partial charge in [-0.15, -0.1) is 0 Å². The van der Waals surface area contributed by atoms with Gasteiger partial charge in [0.2, 0.25) is 0 Å². The largest absolute Gasteiger partial charge is 0.493 e. The lowest BCUT2D eigenvalue weighted by molar-refractivity contribution is -0.274. The molecule has 4 N–H and O–H groups in total. The smallest absolute Gasteiger partial charge is 0.335 e. The Morgan fingerprint density at radius 3 is 2.57 bits per heavy atom. The maximum atomic E-state index is 11.2. The highest BCUT2D eigenvalue weighted by Crippen LogP contribution is 2.33. The third-order valence-corrected chi connectivity index (χ3v) is 4.73. The van der Waals surface area contributed by atoms with E-state index in [9.17, 15) is 24.9 Å². The Morgan fingerprint density at radius 1 is 1.21 bits per heavy atom. The number of ether oxygens (including phenoxy) is 4. The van der Waals surface area contributed by atoms with Gasteiger partial charge in [-0.1, -0.05) is 6.07 Å². The first-order valence-electron chi connectivity index (χ1n) is 8.75. The Morgan fingerprint density at radius 2 is 1.96 bits per heavy atom. The average Bonchev–Trinajstić information content (AvgIpc) is 3.07. The summed E-state index contributed by atoms with van der Waals surface area (Å²) < 4.78 is 20.9. The zero-order valence-electron chi connectivity index (χ0n) is 15.1. The summed E-state index contributed by atoms with van der Waals surface area (Å²) in [6.45, 7) is 0. The average molecular weight is 398 g/mol. The highest BCUT2D eigenvalue weighted by molar-refractivity contribution is 5.73. The summed E-state index contributed by atoms with van der Waals surface area (Å²) in [5.41, 5.74) is 0.830. The molecule has 0 radical (unpaired) electrons. The maximum Gasteiger partial charge on any atom is 0.335 e. The first-order valence-corrected chi connectivity index (χ1v) is 8.75. The summed E-state index contributed by atoms with van der Waals surface area (Å²) in [6.07, 6.45) is -7.15. The Labute approximate surface area is 160 Å². The standard InChI is InChI=1S/C18H22O10/c1-25-11-7-8(6-9-3-5-12(19)26-9)2-4-10(11)27-16-14(21)13(20)15(17(22)23)28-18(16)24/h2,4,7,9,13-16,18,20-21,24H,3,5-6H2,1H3,(H,22,23)/t9?,13-,14-,15-,16?,18+/m1/s1. The molecular formula is C18H22O10. The van der Waals surface area contributed by atoms with E-state index in [0.717, 1.165) is 5.56 Å². The van der Waals surface area contributed by atoms with Crippen molar-refractivity contribution in [3.8, 4) is 11.5 Å². The van der Waals surface area contributed by atoms with E-state index in [1.54, 1.807) is 18.2 Å². The minimum absolute atomic E-state index is 0.155. The van der Waals surface area contributed by atoms with Crippen LogP contribution in [0.1, 0.15) is 18.4 Å². The SMILES string of the molecule is COc1cc(CC2CCC(=O)O2)ccc1OC1[C@@H](O)O[C@@H](C(=O)O)[C@H](O)[C@H]1O.